The molecule has 0 radical (unpaired) electrons. The number of benzene rings is 2. The van der Waals surface area contributed by atoms with Gasteiger partial charge in [-0.25, -0.2) is 4.79 Å². The first-order valence-corrected chi connectivity index (χ1v) is 10.9. The number of halogens is 1. The number of fused-ring (bicyclic) bond motifs is 1. The molecule has 32 heavy (non-hydrogen) atoms. The van der Waals surface area contributed by atoms with E-state index in [-0.39, 0.29) is 0 Å². The fourth-order valence-corrected chi connectivity index (χ4v) is 4.40. The summed E-state index contributed by atoms with van der Waals surface area (Å²) in [4.78, 5) is 36.6. The van der Waals surface area contributed by atoms with Crippen molar-refractivity contribution in [3.63, 3.8) is 0 Å². The van der Waals surface area contributed by atoms with E-state index in [2.05, 4.69) is 20.9 Å². The normalized spacial score (nSPS) is 14.3. The summed E-state index contributed by atoms with van der Waals surface area (Å²) in [6.45, 7) is 3.55. The van der Waals surface area contributed by atoms with Crippen LogP contribution in [-0.4, -0.2) is 45.3 Å². The number of hydrogen-bond acceptors (Lipinski definition) is 5. The first kappa shape index (κ1) is 20.4. The number of anilines is 2. The van der Waals surface area contributed by atoms with E-state index in [0.717, 1.165) is 42.5 Å². The van der Waals surface area contributed by atoms with Gasteiger partial charge < -0.3 is 9.80 Å². The molecule has 8 nitrogen and oxygen atoms in total. The zero-order chi connectivity index (χ0) is 22.2. The van der Waals surface area contributed by atoms with E-state index < -0.39 is 11.2 Å². The molecule has 1 aliphatic heterocycles. The van der Waals surface area contributed by atoms with Gasteiger partial charge in [0.1, 0.15) is 0 Å². The van der Waals surface area contributed by atoms with E-state index in [1.54, 1.807) is 7.05 Å². The Labute approximate surface area is 189 Å². The van der Waals surface area contributed by atoms with Crippen LogP contribution in [0.3, 0.4) is 0 Å². The molecular weight excluding hydrogens is 428 g/mol. The van der Waals surface area contributed by atoms with E-state index in [0.29, 0.717) is 23.7 Å². The predicted octanol–water partition coefficient (Wildman–Crippen LogP) is 2.45. The number of aryl methyl sites for hydroxylation is 1. The standard InChI is InChI=1S/C23H23ClN6O2/c1-27-20-19(21(31)26-23(27)32)30(15-16-6-3-2-4-7-16)22(25-20)29-12-10-28(11-13-29)18-9-5-8-17(24)14-18/h2-9,14H,10-13,15H2,1H3,(H,26,31,32). The summed E-state index contributed by atoms with van der Waals surface area (Å²) in [7, 11) is 1.63. The Morgan fingerprint density at radius 3 is 2.41 bits per heavy atom. The molecule has 0 bridgehead atoms. The highest BCUT2D eigenvalue weighted by Gasteiger charge is 2.25. The van der Waals surface area contributed by atoms with Crippen LogP contribution in [0.15, 0.2) is 64.2 Å². The van der Waals surface area contributed by atoms with E-state index in [1.165, 1.54) is 4.57 Å². The summed E-state index contributed by atoms with van der Waals surface area (Å²) in [5.41, 5.74) is 2.05. The van der Waals surface area contributed by atoms with E-state index in [9.17, 15) is 9.59 Å². The van der Waals surface area contributed by atoms with Crippen LogP contribution in [0.1, 0.15) is 5.56 Å². The van der Waals surface area contributed by atoms with Gasteiger partial charge in [-0.15, -0.1) is 0 Å². The Hall–Kier alpha value is -3.52. The molecule has 4 aromatic rings. The number of aromatic amines is 1. The van der Waals surface area contributed by atoms with Gasteiger partial charge in [-0.05, 0) is 23.8 Å². The minimum Gasteiger partial charge on any atom is -0.368 e. The predicted molar refractivity (Wildman–Crippen MR) is 127 cm³/mol. The van der Waals surface area contributed by atoms with Crippen LogP contribution in [0.5, 0.6) is 0 Å². The highest BCUT2D eigenvalue weighted by molar-refractivity contribution is 6.30. The molecule has 0 unspecified atom stereocenters. The molecule has 1 fully saturated rings. The Balaban J connectivity index is 1.53. The van der Waals surface area contributed by atoms with Gasteiger partial charge in [0, 0.05) is 43.9 Å². The van der Waals surface area contributed by atoms with Crippen molar-refractivity contribution in [2.45, 2.75) is 6.54 Å². The van der Waals surface area contributed by atoms with Crippen molar-refractivity contribution < 1.29 is 0 Å². The van der Waals surface area contributed by atoms with Gasteiger partial charge in [-0.2, -0.15) is 4.98 Å². The molecule has 1 aliphatic rings. The van der Waals surface area contributed by atoms with Crippen LogP contribution in [0, 0.1) is 0 Å². The molecule has 9 heteroatoms. The minimum atomic E-state index is -0.468. The number of rotatable bonds is 4. The molecule has 0 atom stereocenters. The monoisotopic (exact) mass is 450 g/mol. The summed E-state index contributed by atoms with van der Waals surface area (Å²) < 4.78 is 3.31. The number of piperazine rings is 1. The summed E-state index contributed by atoms with van der Waals surface area (Å²) in [5, 5.41) is 0.717. The Morgan fingerprint density at radius 1 is 0.969 bits per heavy atom. The molecular formula is C23H23ClN6O2. The van der Waals surface area contributed by atoms with Crippen LogP contribution in [0.25, 0.3) is 11.2 Å². The maximum Gasteiger partial charge on any atom is 0.329 e. The van der Waals surface area contributed by atoms with Crippen molar-refractivity contribution in [1.82, 2.24) is 19.1 Å². The molecule has 0 saturated carbocycles. The van der Waals surface area contributed by atoms with Crippen molar-refractivity contribution in [1.29, 1.82) is 0 Å². The van der Waals surface area contributed by atoms with Crippen molar-refractivity contribution in [3.05, 3.63) is 86.0 Å². The average molecular weight is 451 g/mol. The highest BCUT2D eigenvalue weighted by Crippen LogP contribution is 2.25. The van der Waals surface area contributed by atoms with E-state index >= 15 is 0 Å². The average Bonchev–Trinajstić information content (AvgIpc) is 3.18. The number of H-pyrrole nitrogens is 1. The van der Waals surface area contributed by atoms with Crippen LogP contribution in [0.2, 0.25) is 5.02 Å². The molecule has 0 aliphatic carbocycles. The fourth-order valence-electron chi connectivity index (χ4n) is 4.22. The number of nitrogens with one attached hydrogen (secondary N) is 1. The van der Waals surface area contributed by atoms with Gasteiger partial charge in [-0.3, -0.25) is 18.9 Å². The molecule has 0 spiro atoms. The maximum absolute atomic E-state index is 12.8. The van der Waals surface area contributed by atoms with Gasteiger partial charge in [-0.1, -0.05) is 48.0 Å². The quantitative estimate of drug-likeness (QED) is 0.516. The third kappa shape index (κ3) is 3.67. The second kappa shape index (κ2) is 8.20. The Kier molecular flexibility index (Phi) is 5.22. The van der Waals surface area contributed by atoms with Crippen LogP contribution >= 0.6 is 11.6 Å². The molecule has 5 rings (SSSR count). The second-order valence-electron chi connectivity index (χ2n) is 7.93. The minimum absolute atomic E-state index is 0.391. The SMILES string of the molecule is Cn1c(=O)[nH]c(=O)c2c1nc(N1CCN(c3cccc(Cl)c3)CC1)n2Cc1ccccc1. The molecule has 2 aromatic heterocycles. The smallest absolute Gasteiger partial charge is 0.329 e. The molecule has 164 valence electrons. The van der Waals surface area contributed by atoms with Crippen molar-refractivity contribution in [2.75, 3.05) is 36.0 Å². The largest absolute Gasteiger partial charge is 0.368 e. The third-order valence-corrected chi connectivity index (χ3v) is 6.14. The molecule has 1 saturated heterocycles. The first-order valence-electron chi connectivity index (χ1n) is 10.5. The first-order chi connectivity index (χ1) is 15.5. The summed E-state index contributed by atoms with van der Waals surface area (Å²) in [6, 6.07) is 17.8. The lowest BCUT2D eigenvalue weighted by molar-refractivity contribution is 0.625. The van der Waals surface area contributed by atoms with Gasteiger partial charge in [0.25, 0.3) is 5.56 Å². The van der Waals surface area contributed by atoms with Crippen LogP contribution in [0.4, 0.5) is 11.6 Å². The van der Waals surface area contributed by atoms with Gasteiger partial charge in [0.05, 0.1) is 6.54 Å². The van der Waals surface area contributed by atoms with Crippen molar-refractivity contribution in [2.24, 2.45) is 7.05 Å². The highest BCUT2D eigenvalue weighted by atomic mass is 35.5. The van der Waals surface area contributed by atoms with Crippen LogP contribution < -0.4 is 21.0 Å². The number of aromatic nitrogens is 4. The summed E-state index contributed by atoms with van der Waals surface area (Å²) in [5.74, 6) is 0.696. The lowest BCUT2D eigenvalue weighted by Crippen LogP contribution is -2.47. The Morgan fingerprint density at radius 2 is 1.69 bits per heavy atom. The molecule has 2 aromatic carbocycles. The van der Waals surface area contributed by atoms with Gasteiger partial charge >= 0.3 is 5.69 Å². The zero-order valence-electron chi connectivity index (χ0n) is 17.7. The molecule has 3 heterocycles. The van der Waals surface area contributed by atoms with Gasteiger partial charge in [0.2, 0.25) is 5.95 Å². The van der Waals surface area contributed by atoms with E-state index in [4.69, 9.17) is 16.6 Å². The summed E-state index contributed by atoms with van der Waals surface area (Å²) >= 11 is 6.16. The molecule has 1 N–H and O–H groups in total. The molecule has 0 amide bonds. The third-order valence-electron chi connectivity index (χ3n) is 5.91. The van der Waals surface area contributed by atoms with Gasteiger partial charge in [0.15, 0.2) is 11.2 Å². The lowest BCUT2D eigenvalue weighted by atomic mass is 10.2. The lowest BCUT2D eigenvalue weighted by Gasteiger charge is -2.36. The van der Waals surface area contributed by atoms with E-state index in [1.807, 2.05) is 53.1 Å². The number of nitrogens with zero attached hydrogens (tertiary/aromatic N) is 5. The van der Waals surface area contributed by atoms with Crippen LogP contribution in [-0.2, 0) is 13.6 Å². The topological polar surface area (TPSA) is 79.2 Å². The maximum atomic E-state index is 12.8. The zero-order valence-corrected chi connectivity index (χ0v) is 18.4. The number of hydrogen-bond donors (Lipinski definition) is 1. The summed E-state index contributed by atoms with van der Waals surface area (Å²) in [6.07, 6.45) is 0. The Bertz CT molecular complexity index is 1380. The number of imidazole rings is 1. The van der Waals surface area contributed by atoms with Crippen molar-refractivity contribution >= 4 is 34.4 Å². The van der Waals surface area contributed by atoms with Crippen molar-refractivity contribution in [3.8, 4) is 0 Å². The second-order valence-corrected chi connectivity index (χ2v) is 8.36. The fraction of sp³-hybridized carbons (Fsp3) is 0.261.